The van der Waals surface area contributed by atoms with Crippen LogP contribution in [0.2, 0.25) is 0 Å². The van der Waals surface area contributed by atoms with Gasteiger partial charge in [-0.15, -0.1) is 11.3 Å². The Bertz CT molecular complexity index is 1140. The van der Waals surface area contributed by atoms with Crippen LogP contribution < -0.4 is 10.1 Å². The molecule has 1 aliphatic heterocycles. The number of hydrogen-bond acceptors (Lipinski definition) is 9. The Labute approximate surface area is 181 Å². The molecule has 2 aromatic heterocycles. The molecule has 31 heavy (non-hydrogen) atoms. The molecule has 1 saturated carbocycles. The van der Waals surface area contributed by atoms with Crippen LogP contribution >= 0.6 is 11.3 Å². The van der Waals surface area contributed by atoms with Gasteiger partial charge in [0.05, 0.1) is 30.4 Å². The molecule has 0 amide bonds. The maximum atomic E-state index is 14.0. The van der Waals surface area contributed by atoms with Gasteiger partial charge in [0.25, 0.3) is 0 Å². The summed E-state index contributed by atoms with van der Waals surface area (Å²) in [6, 6.07) is 4.30. The van der Waals surface area contributed by atoms with Crippen molar-refractivity contribution in [3.63, 3.8) is 0 Å². The second-order valence-electron chi connectivity index (χ2n) is 7.46. The second-order valence-corrected chi connectivity index (χ2v) is 8.45. The van der Waals surface area contributed by atoms with Crippen LogP contribution in [0.15, 0.2) is 24.5 Å². The number of aromatic nitrogens is 2. The van der Waals surface area contributed by atoms with E-state index >= 15 is 0 Å². The number of fused-ring (bicyclic) bond motifs is 2. The summed E-state index contributed by atoms with van der Waals surface area (Å²) in [5, 5.41) is 3.94. The van der Waals surface area contributed by atoms with Crippen LogP contribution in [0.4, 0.5) is 15.9 Å². The van der Waals surface area contributed by atoms with Gasteiger partial charge < -0.3 is 24.3 Å². The number of carbonyl (C=O) groups is 1. The van der Waals surface area contributed by atoms with Gasteiger partial charge in [-0.25, -0.2) is 19.2 Å². The molecule has 0 bridgehead atoms. The first kappa shape index (κ1) is 20.1. The summed E-state index contributed by atoms with van der Waals surface area (Å²) in [5.41, 5.74) is 1.28. The zero-order valence-electron chi connectivity index (χ0n) is 16.9. The fourth-order valence-electron chi connectivity index (χ4n) is 4.04. The molecule has 3 aromatic rings. The Morgan fingerprint density at radius 1 is 1.26 bits per heavy atom. The van der Waals surface area contributed by atoms with Crippen LogP contribution in [0.1, 0.15) is 28.1 Å². The minimum absolute atomic E-state index is 0.0154. The Morgan fingerprint density at radius 3 is 2.77 bits per heavy atom. The number of ether oxygens (including phenoxy) is 4. The van der Waals surface area contributed by atoms with Crippen molar-refractivity contribution in [1.29, 1.82) is 0 Å². The smallest absolute Gasteiger partial charge is 0.348 e. The van der Waals surface area contributed by atoms with E-state index in [1.807, 2.05) is 6.92 Å². The molecule has 2 atom stereocenters. The van der Waals surface area contributed by atoms with Gasteiger partial charge in [-0.05, 0) is 24.6 Å². The zero-order valence-corrected chi connectivity index (χ0v) is 17.7. The largest absolute Gasteiger partial charge is 0.488 e. The average molecular weight is 445 g/mol. The van der Waals surface area contributed by atoms with Crippen LogP contribution in [0.3, 0.4) is 0 Å². The van der Waals surface area contributed by atoms with E-state index in [0.717, 1.165) is 5.56 Å². The number of esters is 1. The van der Waals surface area contributed by atoms with Crippen molar-refractivity contribution in [2.45, 2.75) is 38.1 Å². The van der Waals surface area contributed by atoms with Gasteiger partial charge >= 0.3 is 5.97 Å². The lowest BCUT2D eigenvalue weighted by molar-refractivity contribution is 0.0123. The van der Waals surface area contributed by atoms with Gasteiger partial charge in [0.15, 0.2) is 0 Å². The lowest BCUT2D eigenvalue weighted by atomic mass is 10.2. The molecule has 2 fully saturated rings. The Kier molecular flexibility index (Phi) is 5.20. The number of rotatable bonds is 5. The van der Waals surface area contributed by atoms with E-state index in [1.54, 1.807) is 6.07 Å². The molecule has 2 aliphatic rings. The van der Waals surface area contributed by atoms with Crippen molar-refractivity contribution in [3.05, 3.63) is 40.8 Å². The number of hydrogen-bond donors (Lipinski definition) is 1. The quantitative estimate of drug-likeness (QED) is 0.591. The fourth-order valence-corrected chi connectivity index (χ4v) is 5.10. The van der Waals surface area contributed by atoms with Gasteiger partial charge in [-0.2, -0.15) is 0 Å². The van der Waals surface area contributed by atoms with Crippen LogP contribution in [0.25, 0.3) is 10.2 Å². The first-order chi connectivity index (χ1) is 15.0. The highest BCUT2D eigenvalue weighted by atomic mass is 32.1. The van der Waals surface area contributed by atoms with E-state index in [-0.39, 0.29) is 18.3 Å². The van der Waals surface area contributed by atoms with Crippen molar-refractivity contribution in [3.8, 4) is 5.75 Å². The van der Waals surface area contributed by atoms with Crippen molar-refractivity contribution in [2.75, 3.05) is 19.2 Å². The molecular weight excluding hydrogens is 425 g/mol. The molecule has 2 unspecified atom stereocenters. The molecule has 3 heterocycles. The average Bonchev–Trinajstić information content (AvgIpc) is 3.43. The van der Waals surface area contributed by atoms with Crippen LogP contribution in [0.5, 0.6) is 5.75 Å². The molecule has 1 saturated heterocycles. The third-order valence-corrected chi connectivity index (χ3v) is 6.74. The Morgan fingerprint density at radius 2 is 2.03 bits per heavy atom. The van der Waals surface area contributed by atoms with Gasteiger partial charge in [0, 0.05) is 18.9 Å². The second kappa shape index (κ2) is 8.03. The van der Waals surface area contributed by atoms with Crippen molar-refractivity contribution in [1.82, 2.24) is 9.97 Å². The van der Waals surface area contributed by atoms with Gasteiger partial charge in [0.1, 0.15) is 46.3 Å². The van der Waals surface area contributed by atoms with Crippen molar-refractivity contribution >= 4 is 39.0 Å². The lowest BCUT2D eigenvalue weighted by Crippen LogP contribution is -2.16. The Hall–Kier alpha value is -2.82. The lowest BCUT2D eigenvalue weighted by Gasteiger charge is -2.18. The molecular formula is C21H20FN3O5S. The normalized spacial score (nSPS) is 22.5. The molecule has 0 spiro atoms. The van der Waals surface area contributed by atoms with E-state index in [4.69, 9.17) is 18.9 Å². The molecule has 162 valence electrons. The number of methoxy groups -OCH3 is 1. The van der Waals surface area contributed by atoms with E-state index in [2.05, 4.69) is 15.3 Å². The number of thiophene rings is 1. The summed E-state index contributed by atoms with van der Waals surface area (Å²) >= 11 is 1.24. The SMILES string of the molecule is COC(=O)c1sc2ncnc(Nc3ccc(F)cc3OC3CC4OCOC4C3)c2c1C. The molecule has 1 aromatic carbocycles. The summed E-state index contributed by atoms with van der Waals surface area (Å²) in [4.78, 5) is 21.8. The molecule has 0 radical (unpaired) electrons. The predicted octanol–water partition coefficient (Wildman–Crippen LogP) is 3.95. The first-order valence-corrected chi connectivity index (χ1v) is 10.6. The minimum atomic E-state index is -0.423. The highest BCUT2D eigenvalue weighted by Crippen LogP contribution is 2.38. The molecule has 10 heteroatoms. The van der Waals surface area contributed by atoms with Crippen LogP contribution in [0, 0.1) is 12.7 Å². The van der Waals surface area contributed by atoms with Crippen LogP contribution in [-0.4, -0.2) is 48.2 Å². The van der Waals surface area contributed by atoms with Crippen molar-refractivity contribution < 1.29 is 28.1 Å². The van der Waals surface area contributed by atoms with E-state index in [1.165, 1.54) is 36.9 Å². The summed E-state index contributed by atoms with van der Waals surface area (Å²) < 4.78 is 36.1. The number of carbonyl (C=O) groups excluding carboxylic acids is 1. The van der Waals surface area contributed by atoms with E-state index < -0.39 is 11.8 Å². The Balaban J connectivity index is 1.46. The van der Waals surface area contributed by atoms with Crippen LogP contribution in [-0.2, 0) is 14.2 Å². The predicted molar refractivity (Wildman–Crippen MR) is 111 cm³/mol. The summed E-state index contributed by atoms with van der Waals surface area (Å²) in [6.07, 6.45) is 2.67. The summed E-state index contributed by atoms with van der Waals surface area (Å²) in [7, 11) is 1.34. The fraction of sp³-hybridized carbons (Fsp3) is 0.381. The topological polar surface area (TPSA) is 91.8 Å². The number of nitrogens with zero attached hydrogens (tertiary/aromatic N) is 2. The maximum absolute atomic E-state index is 14.0. The number of anilines is 2. The molecule has 1 N–H and O–H groups in total. The third kappa shape index (κ3) is 3.71. The van der Waals surface area contributed by atoms with Gasteiger partial charge in [-0.3, -0.25) is 0 Å². The summed E-state index contributed by atoms with van der Waals surface area (Å²) in [6.45, 7) is 2.13. The number of nitrogens with one attached hydrogen (secondary N) is 1. The highest BCUT2D eigenvalue weighted by molar-refractivity contribution is 7.20. The van der Waals surface area contributed by atoms with Gasteiger partial charge in [0.2, 0.25) is 0 Å². The van der Waals surface area contributed by atoms with E-state index in [9.17, 15) is 9.18 Å². The van der Waals surface area contributed by atoms with Crippen molar-refractivity contribution in [2.24, 2.45) is 0 Å². The first-order valence-electron chi connectivity index (χ1n) is 9.82. The number of aryl methyl sites for hydroxylation is 1. The standard InChI is InChI=1S/C21H20FN3O5S/c1-10-17-19(23-8-24-20(17)31-18(10)21(26)27-2)25-13-4-3-11(22)5-14(13)30-12-6-15-16(7-12)29-9-28-15/h3-5,8,12,15-16H,6-7,9H2,1-2H3,(H,23,24,25). The van der Waals surface area contributed by atoms with E-state index in [0.29, 0.717) is 52.0 Å². The molecule has 1 aliphatic carbocycles. The molecule has 5 rings (SSSR count). The number of benzene rings is 1. The number of halogens is 1. The summed E-state index contributed by atoms with van der Waals surface area (Å²) in [5.74, 6) is 0.0466. The third-order valence-electron chi connectivity index (χ3n) is 5.56. The van der Waals surface area contributed by atoms with Gasteiger partial charge in [-0.1, -0.05) is 0 Å². The molecule has 8 nitrogen and oxygen atoms in total. The minimum Gasteiger partial charge on any atom is -0.488 e. The highest BCUT2D eigenvalue weighted by Gasteiger charge is 2.41. The monoisotopic (exact) mass is 445 g/mol. The zero-order chi connectivity index (χ0) is 21.5. The maximum Gasteiger partial charge on any atom is 0.348 e.